The summed E-state index contributed by atoms with van der Waals surface area (Å²) in [5, 5.41) is 10.9. The second-order valence-corrected chi connectivity index (χ2v) is 6.35. The number of hydrogen-bond donors (Lipinski definition) is 2. The van der Waals surface area contributed by atoms with Crippen molar-refractivity contribution in [1.82, 2.24) is 0 Å². The molecule has 2 aromatic rings. The van der Waals surface area contributed by atoms with E-state index in [4.69, 9.17) is 15.2 Å². The molecule has 0 saturated carbocycles. The van der Waals surface area contributed by atoms with Gasteiger partial charge in [0.05, 0.1) is 19.8 Å². The maximum atomic E-state index is 12.7. The van der Waals surface area contributed by atoms with Crippen LogP contribution in [-0.4, -0.2) is 31.3 Å². The molecule has 2 atom stereocenters. The number of ether oxygens (including phenoxy) is 2. The first kappa shape index (κ1) is 19.4. The van der Waals surface area contributed by atoms with E-state index in [0.29, 0.717) is 11.1 Å². The number of hydrogen-bond acceptors (Lipinski definition) is 6. The first-order chi connectivity index (χ1) is 13.5. The quantitative estimate of drug-likeness (QED) is 0.793. The van der Waals surface area contributed by atoms with Gasteiger partial charge in [-0.1, -0.05) is 54.6 Å². The normalized spacial score (nSPS) is 17.1. The highest BCUT2D eigenvalue weighted by atomic mass is 16.5. The largest absolute Gasteiger partial charge is 0.506 e. The lowest BCUT2D eigenvalue weighted by Crippen LogP contribution is -2.27. The lowest BCUT2D eigenvalue weighted by molar-refractivity contribution is -0.136. The predicted molar refractivity (Wildman–Crippen MR) is 104 cm³/mol. The van der Waals surface area contributed by atoms with E-state index in [9.17, 15) is 14.7 Å². The Hall–Kier alpha value is -3.38. The molecule has 6 heteroatoms. The summed E-state index contributed by atoms with van der Waals surface area (Å²) in [7, 11) is 2.42. The molecule has 0 saturated heterocycles. The summed E-state index contributed by atoms with van der Waals surface area (Å²) in [5.41, 5.74) is 8.48. The van der Waals surface area contributed by atoms with Crippen molar-refractivity contribution in [3.8, 4) is 0 Å². The minimum absolute atomic E-state index is 0.0829. The Morgan fingerprint density at radius 2 is 1.57 bits per heavy atom. The van der Waals surface area contributed by atoms with Crippen molar-refractivity contribution in [1.29, 1.82) is 0 Å². The smallest absolute Gasteiger partial charge is 0.341 e. The van der Waals surface area contributed by atoms with Crippen molar-refractivity contribution in [3.63, 3.8) is 0 Å². The van der Waals surface area contributed by atoms with Gasteiger partial charge in [-0.25, -0.2) is 9.59 Å². The van der Waals surface area contributed by atoms with E-state index < -0.39 is 29.7 Å². The van der Waals surface area contributed by atoms with E-state index in [1.807, 2.05) is 42.5 Å². The Kier molecular flexibility index (Phi) is 5.61. The lowest BCUT2D eigenvalue weighted by atomic mass is 9.80. The van der Waals surface area contributed by atoms with Gasteiger partial charge >= 0.3 is 11.9 Å². The average molecular weight is 379 g/mol. The number of carbonyl (C=O) groups excluding carboxylic acids is 2. The molecule has 3 N–H and O–H groups in total. The van der Waals surface area contributed by atoms with Crippen molar-refractivity contribution >= 4 is 18.0 Å². The van der Waals surface area contributed by atoms with Crippen molar-refractivity contribution in [2.75, 3.05) is 14.2 Å². The van der Waals surface area contributed by atoms with Crippen molar-refractivity contribution in [2.24, 2.45) is 5.73 Å². The Morgan fingerprint density at radius 1 is 0.964 bits per heavy atom. The molecule has 6 nitrogen and oxygen atoms in total. The lowest BCUT2D eigenvalue weighted by Gasteiger charge is -2.27. The zero-order valence-corrected chi connectivity index (χ0v) is 15.6. The highest BCUT2D eigenvalue weighted by molar-refractivity contribution is 6.03. The van der Waals surface area contributed by atoms with E-state index in [1.54, 1.807) is 12.1 Å². The summed E-state index contributed by atoms with van der Waals surface area (Å²) in [6.45, 7) is 0. The van der Waals surface area contributed by atoms with Gasteiger partial charge in [0.25, 0.3) is 0 Å². The monoisotopic (exact) mass is 379 g/mol. The minimum Gasteiger partial charge on any atom is -0.506 e. The first-order valence-corrected chi connectivity index (χ1v) is 8.70. The summed E-state index contributed by atoms with van der Waals surface area (Å²) in [4.78, 5) is 24.9. The number of benzene rings is 2. The third-order valence-electron chi connectivity index (χ3n) is 4.81. The van der Waals surface area contributed by atoms with Crippen molar-refractivity contribution in [2.45, 2.75) is 12.0 Å². The topological polar surface area (TPSA) is 98.9 Å². The Morgan fingerprint density at radius 3 is 2.21 bits per heavy atom. The van der Waals surface area contributed by atoms with Crippen molar-refractivity contribution < 1.29 is 24.2 Å². The van der Waals surface area contributed by atoms with E-state index in [1.165, 1.54) is 20.3 Å². The Bertz CT molecular complexity index is 962. The van der Waals surface area contributed by atoms with Gasteiger partial charge in [0.2, 0.25) is 0 Å². The van der Waals surface area contributed by atoms with Crippen LogP contribution in [0.2, 0.25) is 0 Å². The number of fused-ring (bicyclic) bond motifs is 1. The van der Waals surface area contributed by atoms with Gasteiger partial charge in [0.1, 0.15) is 11.3 Å². The number of carbonyl (C=O) groups is 2. The van der Waals surface area contributed by atoms with Crippen LogP contribution >= 0.6 is 0 Å². The summed E-state index contributed by atoms with van der Waals surface area (Å²) in [5.74, 6) is -2.75. The molecular weight excluding hydrogens is 358 g/mol. The van der Waals surface area contributed by atoms with Crippen LogP contribution in [0.15, 0.2) is 71.5 Å². The Balaban J connectivity index is 2.30. The molecule has 1 aliphatic rings. The number of esters is 2. The molecule has 0 spiro atoms. The molecule has 144 valence electrons. The van der Waals surface area contributed by atoms with Gasteiger partial charge in [0.15, 0.2) is 0 Å². The predicted octanol–water partition coefficient (Wildman–Crippen LogP) is 3.03. The third-order valence-corrected chi connectivity index (χ3v) is 4.81. The zero-order valence-electron chi connectivity index (χ0n) is 15.6. The van der Waals surface area contributed by atoms with Crippen LogP contribution in [0.5, 0.6) is 0 Å². The second kappa shape index (κ2) is 8.10. The number of nitrogens with two attached hydrogens (primary N) is 1. The van der Waals surface area contributed by atoms with E-state index >= 15 is 0 Å². The van der Waals surface area contributed by atoms with Crippen molar-refractivity contribution in [3.05, 3.63) is 88.2 Å². The van der Waals surface area contributed by atoms with Gasteiger partial charge in [-0.3, -0.25) is 0 Å². The molecule has 0 bridgehead atoms. The van der Waals surface area contributed by atoms with E-state index in [-0.39, 0.29) is 11.1 Å². The SMILES string of the molecule is COC(=O)C1=Cc2ccccc2[C@H]([C@@H](N)c2ccccc2)C(C(=O)OC)=C1O. The van der Waals surface area contributed by atoms with Crippen LogP contribution < -0.4 is 5.73 Å². The maximum absolute atomic E-state index is 12.7. The summed E-state index contributed by atoms with van der Waals surface area (Å²) in [6, 6.07) is 15.8. The van der Waals surface area contributed by atoms with Gasteiger partial charge in [-0.05, 0) is 22.8 Å². The van der Waals surface area contributed by atoms with Crippen LogP contribution in [0, 0.1) is 0 Å². The summed E-state index contributed by atoms with van der Waals surface area (Å²) < 4.78 is 9.71. The molecule has 0 amide bonds. The fourth-order valence-corrected chi connectivity index (χ4v) is 3.44. The molecule has 0 aromatic heterocycles. The number of methoxy groups -OCH3 is 2. The highest BCUT2D eigenvalue weighted by Crippen LogP contribution is 2.42. The fourth-order valence-electron chi connectivity index (χ4n) is 3.44. The molecular formula is C22H21NO5. The molecule has 3 rings (SSSR count). The maximum Gasteiger partial charge on any atom is 0.341 e. The summed E-state index contributed by atoms with van der Waals surface area (Å²) in [6.07, 6.45) is 1.50. The van der Waals surface area contributed by atoms with Gasteiger partial charge in [-0.2, -0.15) is 0 Å². The van der Waals surface area contributed by atoms with Crippen LogP contribution in [0.3, 0.4) is 0 Å². The molecule has 0 aliphatic heterocycles. The zero-order chi connectivity index (χ0) is 20.3. The molecule has 0 heterocycles. The molecule has 2 aromatic carbocycles. The second-order valence-electron chi connectivity index (χ2n) is 6.35. The van der Waals surface area contributed by atoms with E-state index in [0.717, 1.165) is 5.56 Å². The number of aliphatic hydroxyl groups is 1. The third kappa shape index (κ3) is 3.42. The molecule has 0 unspecified atom stereocenters. The van der Waals surface area contributed by atoms with E-state index in [2.05, 4.69) is 0 Å². The molecule has 1 aliphatic carbocycles. The van der Waals surface area contributed by atoms with Crippen LogP contribution in [-0.2, 0) is 19.1 Å². The number of aliphatic hydroxyl groups excluding tert-OH is 1. The molecule has 0 radical (unpaired) electrons. The summed E-state index contributed by atoms with van der Waals surface area (Å²) >= 11 is 0. The van der Waals surface area contributed by atoms with Gasteiger partial charge < -0.3 is 20.3 Å². The molecule has 0 fully saturated rings. The fraction of sp³-hybridized carbons (Fsp3) is 0.182. The van der Waals surface area contributed by atoms with Crippen LogP contribution in [0.1, 0.15) is 28.7 Å². The molecule has 28 heavy (non-hydrogen) atoms. The first-order valence-electron chi connectivity index (χ1n) is 8.70. The van der Waals surface area contributed by atoms with Gasteiger partial charge in [-0.15, -0.1) is 0 Å². The minimum atomic E-state index is -0.764. The highest BCUT2D eigenvalue weighted by Gasteiger charge is 2.38. The average Bonchev–Trinajstić information content (AvgIpc) is 2.87. The Labute approximate surface area is 162 Å². The standard InChI is InChI=1S/C22H21NO5/c1-27-21(25)16-12-14-10-6-7-11-15(14)17(18(20(16)24)22(26)28-2)19(23)13-8-4-3-5-9-13/h3-12,17,19,24H,23H2,1-2H3/t17-,19-/m0/s1. The van der Waals surface area contributed by atoms with Crippen LogP contribution in [0.25, 0.3) is 6.08 Å². The van der Waals surface area contributed by atoms with Crippen LogP contribution in [0.4, 0.5) is 0 Å². The number of rotatable bonds is 4. The van der Waals surface area contributed by atoms with Gasteiger partial charge in [0, 0.05) is 12.0 Å².